The van der Waals surface area contributed by atoms with Gasteiger partial charge in [-0.15, -0.1) is 0 Å². The van der Waals surface area contributed by atoms with Crippen molar-refractivity contribution >= 4 is 10.0 Å². The van der Waals surface area contributed by atoms with Gasteiger partial charge in [0.2, 0.25) is 10.0 Å². The maximum atomic E-state index is 10.9. The molecule has 1 rings (SSSR count). The molecule has 14 heavy (non-hydrogen) atoms. The minimum atomic E-state index is -3.70. The summed E-state index contributed by atoms with van der Waals surface area (Å²) < 4.78 is 21.8. The van der Waals surface area contributed by atoms with Gasteiger partial charge in [-0.2, -0.15) is 5.26 Å². The van der Waals surface area contributed by atoms with Crippen LogP contribution in [0.15, 0.2) is 24.3 Å². The second kappa shape index (κ2) is 4.19. The second-order valence-electron chi connectivity index (χ2n) is 2.66. The Morgan fingerprint density at radius 2 is 2.21 bits per heavy atom. The maximum Gasteiger partial charge on any atom is 0.237 e. The Labute approximate surface area is 81.6 Å². The van der Waals surface area contributed by atoms with Gasteiger partial charge in [0.05, 0.1) is 17.4 Å². The normalized spacial score (nSPS) is 10.9. The Hall–Kier alpha value is -1.42. The molecular formula is C8H8N2O3S. The average Bonchev–Trinajstić information content (AvgIpc) is 2.17. The molecule has 0 aliphatic heterocycles. The van der Waals surface area contributed by atoms with Crippen molar-refractivity contribution in [3.63, 3.8) is 0 Å². The topological polar surface area (TPSA) is 90.2 Å². The first-order chi connectivity index (χ1) is 6.57. The molecule has 0 spiro atoms. The van der Waals surface area contributed by atoms with Crippen molar-refractivity contribution in [2.45, 2.75) is 5.75 Å². The molecule has 0 heterocycles. The average molecular weight is 212 g/mol. The lowest BCUT2D eigenvalue weighted by Gasteiger charge is -2.01. The fourth-order valence-corrected chi connectivity index (χ4v) is 1.67. The van der Waals surface area contributed by atoms with Crippen molar-refractivity contribution in [1.82, 2.24) is 4.89 Å². The Morgan fingerprint density at radius 3 is 2.79 bits per heavy atom. The first-order valence-corrected chi connectivity index (χ1v) is 5.35. The van der Waals surface area contributed by atoms with Crippen molar-refractivity contribution in [3.05, 3.63) is 35.4 Å². The van der Waals surface area contributed by atoms with Crippen LogP contribution in [0.5, 0.6) is 0 Å². The molecular weight excluding hydrogens is 204 g/mol. The second-order valence-corrected chi connectivity index (χ2v) is 4.36. The van der Waals surface area contributed by atoms with Crippen LogP contribution in [0, 0.1) is 11.3 Å². The van der Waals surface area contributed by atoms with Gasteiger partial charge >= 0.3 is 0 Å². The summed E-state index contributed by atoms with van der Waals surface area (Å²) in [5.74, 6) is -0.348. The van der Waals surface area contributed by atoms with E-state index in [2.05, 4.69) is 0 Å². The van der Waals surface area contributed by atoms with Crippen LogP contribution in [-0.2, 0) is 15.8 Å². The van der Waals surface area contributed by atoms with Gasteiger partial charge in [0.25, 0.3) is 0 Å². The molecule has 0 amide bonds. The van der Waals surface area contributed by atoms with E-state index < -0.39 is 10.0 Å². The van der Waals surface area contributed by atoms with Gasteiger partial charge < -0.3 is 5.21 Å². The van der Waals surface area contributed by atoms with Crippen molar-refractivity contribution in [3.8, 4) is 6.07 Å². The summed E-state index contributed by atoms with van der Waals surface area (Å²) in [6.45, 7) is 0. The first-order valence-electron chi connectivity index (χ1n) is 3.70. The molecule has 6 heteroatoms. The lowest BCUT2D eigenvalue weighted by Crippen LogP contribution is -2.21. The highest BCUT2D eigenvalue weighted by Gasteiger charge is 2.09. The van der Waals surface area contributed by atoms with Crippen molar-refractivity contribution in [2.75, 3.05) is 0 Å². The highest BCUT2D eigenvalue weighted by atomic mass is 32.2. The van der Waals surface area contributed by atoms with Gasteiger partial charge in [0.15, 0.2) is 0 Å². The Morgan fingerprint density at radius 1 is 1.50 bits per heavy atom. The molecule has 0 saturated heterocycles. The predicted octanol–water partition coefficient (Wildman–Crippen LogP) is 0.367. The SMILES string of the molecule is N#Cc1cccc(CS(=O)(=O)NO)c1. The van der Waals surface area contributed by atoms with E-state index in [1.807, 2.05) is 6.07 Å². The molecule has 0 radical (unpaired) electrons. The lowest BCUT2D eigenvalue weighted by atomic mass is 10.2. The third-order valence-electron chi connectivity index (χ3n) is 1.55. The molecule has 5 nitrogen and oxygen atoms in total. The van der Waals surface area contributed by atoms with Gasteiger partial charge in [0, 0.05) is 0 Å². The zero-order valence-electron chi connectivity index (χ0n) is 7.14. The van der Waals surface area contributed by atoms with Crippen LogP contribution in [0.4, 0.5) is 0 Å². The van der Waals surface area contributed by atoms with Crippen molar-refractivity contribution < 1.29 is 13.6 Å². The molecule has 0 bridgehead atoms. The van der Waals surface area contributed by atoms with E-state index >= 15 is 0 Å². The van der Waals surface area contributed by atoms with Crippen molar-refractivity contribution in [2.24, 2.45) is 0 Å². The summed E-state index contributed by atoms with van der Waals surface area (Å²) >= 11 is 0. The number of nitrogens with one attached hydrogen (secondary N) is 1. The van der Waals surface area contributed by atoms with Crippen LogP contribution in [0.2, 0.25) is 0 Å². The van der Waals surface area contributed by atoms with Crippen LogP contribution in [0.25, 0.3) is 0 Å². The smallest absolute Gasteiger partial charge is 0.237 e. The monoisotopic (exact) mass is 212 g/mol. The molecule has 1 aromatic rings. The van der Waals surface area contributed by atoms with Gasteiger partial charge in [-0.3, -0.25) is 0 Å². The van der Waals surface area contributed by atoms with E-state index in [4.69, 9.17) is 10.5 Å². The van der Waals surface area contributed by atoms with E-state index in [-0.39, 0.29) is 5.75 Å². The number of hydrogen-bond donors (Lipinski definition) is 2. The van der Waals surface area contributed by atoms with Crippen LogP contribution in [0.1, 0.15) is 11.1 Å². The zero-order chi connectivity index (χ0) is 10.6. The van der Waals surface area contributed by atoms with E-state index in [0.29, 0.717) is 11.1 Å². The molecule has 0 aliphatic carbocycles. The first kappa shape index (κ1) is 10.7. The van der Waals surface area contributed by atoms with Gasteiger partial charge in [-0.05, 0) is 17.7 Å². The number of nitrogens with zero attached hydrogens (tertiary/aromatic N) is 1. The van der Waals surface area contributed by atoms with Gasteiger partial charge in [-0.25, -0.2) is 8.42 Å². The minimum absolute atomic E-state index is 0.348. The minimum Gasteiger partial charge on any atom is -0.302 e. The maximum absolute atomic E-state index is 10.9. The van der Waals surface area contributed by atoms with Crippen LogP contribution < -0.4 is 4.89 Å². The number of rotatable bonds is 3. The number of benzene rings is 1. The fourth-order valence-electron chi connectivity index (χ4n) is 0.982. The third kappa shape index (κ3) is 2.81. The summed E-state index contributed by atoms with van der Waals surface area (Å²) in [5.41, 5.74) is 0.834. The highest BCUT2D eigenvalue weighted by Crippen LogP contribution is 2.07. The molecule has 0 aromatic heterocycles. The highest BCUT2D eigenvalue weighted by molar-refractivity contribution is 7.88. The van der Waals surface area contributed by atoms with Crippen LogP contribution in [0.3, 0.4) is 0 Å². The summed E-state index contributed by atoms with van der Waals surface area (Å²) in [6, 6.07) is 8.07. The molecule has 0 unspecified atom stereocenters. The zero-order valence-corrected chi connectivity index (χ0v) is 7.95. The van der Waals surface area contributed by atoms with E-state index in [9.17, 15) is 8.42 Å². The van der Waals surface area contributed by atoms with Crippen LogP contribution in [-0.4, -0.2) is 13.6 Å². The number of nitriles is 1. The van der Waals surface area contributed by atoms with E-state index in [1.165, 1.54) is 11.0 Å². The lowest BCUT2D eigenvalue weighted by molar-refractivity contribution is 0.242. The molecule has 0 saturated carbocycles. The Bertz CT molecular complexity index is 462. The summed E-state index contributed by atoms with van der Waals surface area (Å²) in [5, 5.41) is 16.8. The molecule has 0 fully saturated rings. The third-order valence-corrected chi connectivity index (χ3v) is 2.54. The fraction of sp³-hybridized carbons (Fsp3) is 0.125. The van der Waals surface area contributed by atoms with Gasteiger partial charge in [-0.1, -0.05) is 17.0 Å². The summed E-state index contributed by atoms with van der Waals surface area (Å²) in [6.07, 6.45) is 0. The summed E-state index contributed by atoms with van der Waals surface area (Å²) in [7, 11) is -3.70. The molecule has 2 N–H and O–H groups in total. The standard InChI is InChI=1S/C8H8N2O3S/c9-5-7-2-1-3-8(4-7)6-14(12,13)10-11/h1-4,10-11H,6H2. The van der Waals surface area contributed by atoms with Gasteiger partial charge in [0.1, 0.15) is 0 Å². The number of hydrogen-bond acceptors (Lipinski definition) is 4. The van der Waals surface area contributed by atoms with E-state index in [1.54, 1.807) is 18.2 Å². The summed E-state index contributed by atoms with van der Waals surface area (Å²) in [4.78, 5) is 1.22. The largest absolute Gasteiger partial charge is 0.302 e. The van der Waals surface area contributed by atoms with Crippen molar-refractivity contribution in [1.29, 1.82) is 5.26 Å². The van der Waals surface area contributed by atoms with Crippen LogP contribution >= 0.6 is 0 Å². The molecule has 0 atom stereocenters. The Balaban J connectivity index is 2.94. The molecule has 1 aromatic carbocycles. The number of sulfonamides is 1. The molecule has 74 valence electrons. The Kier molecular flexibility index (Phi) is 3.19. The molecule has 0 aliphatic rings. The quantitative estimate of drug-likeness (QED) is 0.708. The van der Waals surface area contributed by atoms with E-state index in [0.717, 1.165) is 0 Å². The predicted molar refractivity (Wildman–Crippen MR) is 48.7 cm³/mol.